The van der Waals surface area contributed by atoms with E-state index in [2.05, 4.69) is 22.0 Å². The molecule has 150 valence electrons. The predicted octanol–water partition coefficient (Wildman–Crippen LogP) is 2.08. The van der Waals surface area contributed by atoms with Gasteiger partial charge in [-0.05, 0) is 55.2 Å². The fraction of sp³-hybridized carbons (Fsp3) is 0.409. The maximum atomic E-state index is 12.6. The fourth-order valence-electron chi connectivity index (χ4n) is 4.54. The summed E-state index contributed by atoms with van der Waals surface area (Å²) < 4.78 is 0. The van der Waals surface area contributed by atoms with Crippen molar-refractivity contribution >= 4 is 29.0 Å². The van der Waals surface area contributed by atoms with Crippen molar-refractivity contribution < 1.29 is 9.59 Å². The SMILES string of the molecule is NC1CCN(C(=O)c2ccc(N3CCc4cc(N5CCCC5=O)ccc43)nc2)C1. The van der Waals surface area contributed by atoms with Crippen molar-refractivity contribution in [2.75, 3.05) is 36.0 Å². The van der Waals surface area contributed by atoms with Gasteiger partial charge < -0.3 is 20.4 Å². The van der Waals surface area contributed by atoms with E-state index in [9.17, 15) is 9.59 Å². The van der Waals surface area contributed by atoms with E-state index >= 15 is 0 Å². The van der Waals surface area contributed by atoms with E-state index in [0.717, 1.165) is 49.5 Å². The van der Waals surface area contributed by atoms with Crippen molar-refractivity contribution in [3.63, 3.8) is 0 Å². The van der Waals surface area contributed by atoms with Crippen LogP contribution in [-0.4, -0.2) is 53.9 Å². The van der Waals surface area contributed by atoms with E-state index in [4.69, 9.17) is 5.73 Å². The van der Waals surface area contributed by atoms with Gasteiger partial charge in [0, 0.05) is 56.2 Å². The molecule has 2 amide bonds. The normalized spacial score (nSPS) is 21.2. The van der Waals surface area contributed by atoms with Crippen molar-refractivity contribution in [2.24, 2.45) is 5.73 Å². The molecular formula is C22H25N5O2. The number of rotatable bonds is 3. The van der Waals surface area contributed by atoms with Crippen LogP contribution >= 0.6 is 0 Å². The number of pyridine rings is 1. The van der Waals surface area contributed by atoms with Gasteiger partial charge in [0.05, 0.1) is 5.56 Å². The largest absolute Gasteiger partial charge is 0.337 e. The van der Waals surface area contributed by atoms with Gasteiger partial charge in [0.1, 0.15) is 5.82 Å². The van der Waals surface area contributed by atoms with Crippen LogP contribution in [0.1, 0.15) is 35.2 Å². The summed E-state index contributed by atoms with van der Waals surface area (Å²) in [7, 11) is 0. The first-order valence-electron chi connectivity index (χ1n) is 10.3. The lowest BCUT2D eigenvalue weighted by Gasteiger charge is -2.21. The molecule has 2 aromatic rings. The highest BCUT2D eigenvalue weighted by atomic mass is 16.2. The Morgan fingerprint density at radius 2 is 1.97 bits per heavy atom. The van der Waals surface area contributed by atoms with Crippen LogP contribution in [0.3, 0.4) is 0 Å². The third kappa shape index (κ3) is 3.25. The minimum absolute atomic E-state index is 0.00116. The second kappa shape index (κ2) is 7.15. The lowest BCUT2D eigenvalue weighted by Crippen LogP contribution is -2.32. The maximum absolute atomic E-state index is 12.6. The summed E-state index contributed by atoms with van der Waals surface area (Å²) in [5.74, 6) is 1.04. The van der Waals surface area contributed by atoms with Crippen molar-refractivity contribution in [1.82, 2.24) is 9.88 Å². The lowest BCUT2D eigenvalue weighted by atomic mass is 10.1. The van der Waals surface area contributed by atoms with Crippen LogP contribution in [0.2, 0.25) is 0 Å². The molecule has 1 aromatic heterocycles. The van der Waals surface area contributed by atoms with Crippen LogP contribution in [0.4, 0.5) is 17.2 Å². The Bertz CT molecular complexity index is 958. The summed E-state index contributed by atoms with van der Waals surface area (Å²) in [6, 6.07) is 10.1. The zero-order valence-electron chi connectivity index (χ0n) is 16.4. The molecule has 3 aliphatic rings. The second-order valence-corrected chi connectivity index (χ2v) is 8.07. The quantitative estimate of drug-likeness (QED) is 0.866. The van der Waals surface area contributed by atoms with Gasteiger partial charge >= 0.3 is 0 Å². The fourth-order valence-corrected chi connectivity index (χ4v) is 4.54. The Labute approximate surface area is 170 Å². The number of amides is 2. The summed E-state index contributed by atoms with van der Waals surface area (Å²) in [5.41, 5.74) is 9.86. The molecular weight excluding hydrogens is 366 g/mol. The Balaban J connectivity index is 1.34. The molecule has 2 fully saturated rings. The highest BCUT2D eigenvalue weighted by molar-refractivity contribution is 5.96. The molecule has 1 aromatic carbocycles. The summed E-state index contributed by atoms with van der Waals surface area (Å²) in [4.78, 5) is 35.0. The topological polar surface area (TPSA) is 82.8 Å². The van der Waals surface area contributed by atoms with Crippen molar-refractivity contribution in [3.8, 4) is 0 Å². The minimum atomic E-state index is -0.00116. The van der Waals surface area contributed by atoms with Crippen molar-refractivity contribution in [3.05, 3.63) is 47.7 Å². The number of nitrogens with two attached hydrogens (primary N) is 1. The number of hydrogen-bond donors (Lipinski definition) is 1. The summed E-state index contributed by atoms with van der Waals surface area (Å²) >= 11 is 0. The number of hydrogen-bond acceptors (Lipinski definition) is 5. The Kier molecular flexibility index (Phi) is 4.47. The Morgan fingerprint density at radius 3 is 2.66 bits per heavy atom. The number of aromatic nitrogens is 1. The van der Waals surface area contributed by atoms with E-state index < -0.39 is 0 Å². The number of fused-ring (bicyclic) bond motifs is 1. The maximum Gasteiger partial charge on any atom is 0.255 e. The van der Waals surface area contributed by atoms with Crippen LogP contribution in [0.15, 0.2) is 36.5 Å². The molecule has 0 spiro atoms. The van der Waals surface area contributed by atoms with E-state index in [1.165, 1.54) is 5.56 Å². The van der Waals surface area contributed by atoms with Gasteiger partial charge in [-0.1, -0.05) is 0 Å². The number of carbonyl (C=O) groups excluding carboxylic acids is 2. The molecule has 2 saturated heterocycles. The lowest BCUT2D eigenvalue weighted by molar-refractivity contribution is -0.117. The average molecular weight is 391 g/mol. The first-order valence-corrected chi connectivity index (χ1v) is 10.3. The summed E-state index contributed by atoms with van der Waals surface area (Å²) in [6.45, 7) is 2.97. The number of anilines is 3. The molecule has 29 heavy (non-hydrogen) atoms. The highest BCUT2D eigenvalue weighted by Gasteiger charge is 2.27. The minimum Gasteiger partial charge on any atom is -0.337 e. The van der Waals surface area contributed by atoms with Crippen LogP contribution in [0.25, 0.3) is 0 Å². The van der Waals surface area contributed by atoms with Crippen LogP contribution in [0.5, 0.6) is 0 Å². The highest BCUT2D eigenvalue weighted by Crippen LogP contribution is 2.36. The van der Waals surface area contributed by atoms with E-state index in [1.807, 2.05) is 23.1 Å². The smallest absolute Gasteiger partial charge is 0.255 e. The molecule has 1 atom stereocenters. The van der Waals surface area contributed by atoms with Crippen molar-refractivity contribution in [1.29, 1.82) is 0 Å². The van der Waals surface area contributed by atoms with Crippen molar-refractivity contribution in [2.45, 2.75) is 31.7 Å². The van der Waals surface area contributed by atoms with E-state index in [1.54, 1.807) is 11.1 Å². The third-order valence-electron chi connectivity index (χ3n) is 6.13. The predicted molar refractivity (Wildman–Crippen MR) is 111 cm³/mol. The van der Waals surface area contributed by atoms with Gasteiger partial charge in [0.15, 0.2) is 0 Å². The van der Waals surface area contributed by atoms with Gasteiger partial charge in [0.25, 0.3) is 5.91 Å². The zero-order valence-corrected chi connectivity index (χ0v) is 16.4. The number of nitrogens with zero attached hydrogens (tertiary/aromatic N) is 4. The van der Waals surface area contributed by atoms with Gasteiger partial charge in [-0.25, -0.2) is 4.98 Å². The zero-order chi connectivity index (χ0) is 20.0. The molecule has 7 nitrogen and oxygen atoms in total. The second-order valence-electron chi connectivity index (χ2n) is 8.07. The third-order valence-corrected chi connectivity index (χ3v) is 6.13. The molecule has 4 heterocycles. The van der Waals surface area contributed by atoms with Gasteiger partial charge in [0.2, 0.25) is 5.91 Å². The molecule has 1 unspecified atom stereocenters. The van der Waals surface area contributed by atoms with Crippen LogP contribution in [-0.2, 0) is 11.2 Å². The summed E-state index contributed by atoms with van der Waals surface area (Å²) in [5, 5.41) is 0. The summed E-state index contributed by atoms with van der Waals surface area (Å²) in [6.07, 6.45) is 5.00. The Morgan fingerprint density at radius 1 is 1.07 bits per heavy atom. The van der Waals surface area contributed by atoms with Crippen LogP contribution < -0.4 is 15.5 Å². The number of carbonyl (C=O) groups is 2. The number of likely N-dealkylation sites (tertiary alicyclic amines) is 1. The monoisotopic (exact) mass is 391 g/mol. The standard InChI is InChI=1S/C22H25N5O2/c23-17-8-10-25(14-17)22(29)16-3-6-20(24-13-16)27-11-7-15-12-18(4-5-19(15)27)26-9-1-2-21(26)28/h3-6,12-13,17H,1-2,7-11,14,23H2. The average Bonchev–Trinajstić information content (AvgIpc) is 3.46. The molecule has 5 rings (SSSR count). The van der Waals surface area contributed by atoms with Gasteiger partial charge in [-0.2, -0.15) is 0 Å². The van der Waals surface area contributed by atoms with Gasteiger partial charge in [-0.3, -0.25) is 9.59 Å². The molecule has 0 bridgehead atoms. The van der Waals surface area contributed by atoms with E-state index in [-0.39, 0.29) is 17.9 Å². The Hall–Kier alpha value is -2.93. The van der Waals surface area contributed by atoms with Gasteiger partial charge in [-0.15, -0.1) is 0 Å². The first kappa shape index (κ1) is 18.1. The van der Waals surface area contributed by atoms with E-state index in [0.29, 0.717) is 25.1 Å². The molecule has 2 N–H and O–H groups in total. The molecule has 7 heteroatoms. The molecule has 0 saturated carbocycles. The first-order chi connectivity index (χ1) is 14.1. The van der Waals surface area contributed by atoms with Crippen LogP contribution in [0, 0.1) is 0 Å². The number of benzene rings is 1. The molecule has 0 aliphatic carbocycles. The molecule has 0 radical (unpaired) electrons. The molecule has 3 aliphatic heterocycles.